The van der Waals surface area contributed by atoms with E-state index in [1.165, 1.54) is 12.8 Å². The molecule has 2 aromatic heterocycles. The first-order chi connectivity index (χ1) is 20.1. The fourth-order valence-corrected chi connectivity index (χ4v) is 4.99. The number of carbonyl (C=O) groups is 3. The number of fused-ring (bicyclic) bond motifs is 1. The highest BCUT2D eigenvalue weighted by Crippen LogP contribution is 2.44. The maximum absolute atomic E-state index is 13.5. The molecule has 3 N–H and O–H groups in total. The Morgan fingerprint density at radius 3 is 2.12 bits per heavy atom. The molecule has 0 bridgehead atoms. The number of alkyl halides is 6. The van der Waals surface area contributed by atoms with Crippen molar-refractivity contribution in [2.24, 2.45) is 17.3 Å². The van der Waals surface area contributed by atoms with Gasteiger partial charge in [0, 0.05) is 44.5 Å². The summed E-state index contributed by atoms with van der Waals surface area (Å²) in [6.07, 6.45) is -0.467. The average Bonchev–Trinajstić information content (AvgIpc) is 3.54. The van der Waals surface area contributed by atoms with Gasteiger partial charge in [-0.2, -0.15) is 26.3 Å². The molecule has 1 saturated carbocycles. The third-order valence-corrected chi connectivity index (χ3v) is 7.25. The van der Waals surface area contributed by atoms with Crippen LogP contribution in [0.25, 0.3) is 0 Å². The topological polar surface area (TPSA) is 149 Å². The van der Waals surface area contributed by atoms with Crippen molar-refractivity contribution in [1.82, 2.24) is 20.2 Å². The van der Waals surface area contributed by atoms with Gasteiger partial charge < -0.3 is 24.8 Å². The number of nitrogens with zero attached hydrogens (tertiary/aromatic N) is 4. The van der Waals surface area contributed by atoms with Crippen molar-refractivity contribution in [3.05, 3.63) is 42.6 Å². The summed E-state index contributed by atoms with van der Waals surface area (Å²) in [5, 5.41) is 17.5. The van der Waals surface area contributed by atoms with Gasteiger partial charge in [0.1, 0.15) is 5.76 Å². The summed E-state index contributed by atoms with van der Waals surface area (Å²) in [6, 6.07) is 5.80. The second kappa shape index (κ2) is 14.1. The van der Waals surface area contributed by atoms with Crippen molar-refractivity contribution in [2.45, 2.75) is 44.6 Å². The molecule has 2 aliphatic heterocycles. The Balaban J connectivity index is 0.000000303. The predicted molar refractivity (Wildman–Crippen MR) is 137 cm³/mol. The number of halogens is 6. The zero-order valence-corrected chi connectivity index (χ0v) is 22.8. The van der Waals surface area contributed by atoms with Gasteiger partial charge in [-0.3, -0.25) is 9.69 Å². The molecule has 0 spiro atoms. The van der Waals surface area contributed by atoms with Crippen molar-refractivity contribution in [1.29, 1.82) is 0 Å². The number of aliphatic carboxylic acids is 2. The van der Waals surface area contributed by atoms with E-state index in [0.29, 0.717) is 12.5 Å². The molecule has 0 aromatic carbocycles. The monoisotopic (exact) mass is 623 g/mol. The van der Waals surface area contributed by atoms with Crippen LogP contribution in [0.4, 0.5) is 32.3 Å². The number of hydrogen-bond acceptors (Lipinski definition) is 8. The highest BCUT2D eigenvalue weighted by atomic mass is 19.4. The van der Waals surface area contributed by atoms with Crippen LogP contribution in [0, 0.1) is 17.3 Å². The number of likely N-dealkylation sites (tertiary alicyclic amines) is 1. The summed E-state index contributed by atoms with van der Waals surface area (Å²) in [5.74, 6) is -2.63. The Bertz CT molecular complexity index is 1190. The molecule has 4 heterocycles. The number of carboxylic acid groups (broad SMARTS) is 2. The molecule has 0 radical (unpaired) electrons. The Hall–Kier alpha value is -3.89. The zero-order valence-electron chi connectivity index (χ0n) is 22.8. The third kappa shape index (κ3) is 9.83. The fraction of sp³-hybridized carbons (Fsp3) is 0.577. The average molecular weight is 624 g/mol. The van der Waals surface area contributed by atoms with E-state index in [2.05, 4.69) is 25.1 Å². The second-order valence-corrected chi connectivity index (χ2v) is 10.5. The molecule has 11 nitrogen and oxygen atoms in total. The Morgan fingerprint density at radius 2 is 1.60 bits per heavy atom. The molecule has 2 atom stereocenters. The first kappa shape index (κ1) is 33.6. The van der Waals surface area contributed by atoms with Crippen LogP contribution < -0.4 is 10.2 Å². The van der Waals surface area contributed by atoms with E-state index in [1.807, 2.05) is 18.2 Å². The van der Waals surface area contributed by atoms with Gasteiger partial charge >= 0.3 is 24.3 Å². The molecule has 3 aliphatic rings. The summed E-state index contributed by atoms with van der Waals surface area (Å²) < 4.78 is 69.0. The van der Waals surface area contributed by atoms with Crippen LogP contribution in [0.1, 0.15) is 31.4 Å². The van der Waals surface area contributed by atoms with E-state index in [0.717, 1.165) is 57.3 Å². The molecule has 0 unspecified atom stereocenters. The molecule has 2 aromatic rings. The summed E-state index contributed by atoms with van der Waals surface area (Å²) in [5.41, 5.74) is -0.369. The zero-order chi connectivity index (χ0) is 31.8. The first-order valence-corrected chi connectivity index (χ1v) is 13.3. The Labute approximate surface area is 241 Å². The van der Waals surface area contributed by atoms with E-state index < -0.39 is 24.3 Å². The van der Waals surface area contributed by atoms with Gasteiger partial charge in [0.05, 0.1) is 18.2 Å². The quantitative estimate of drug-likeness (QED) is 0.408. The maximum Gasteiger partial charge on any atom is 0.490 e. The van der Waals surface area contributed by atoms with Crippen LogP contribution in [0.3, 0.4) is 0 Å². The van der Waals surface area contributed by atoms with Crippen molar-refractivity contribution in [3.63, 3.8) is 0 Å². The van der Waals surface area contributed by atoms with E-state index in [1.54, 1.807) is 18.7 Å². The van der Waals surface area contributed by atoms with Crippen molar-refractivity contribution >= 4 is 23.8 Å². The number of amides is 1. The maximum atomic E-state index is 13.5. The molecule has 238 valence electrons. The lowest BCUT2D eigenvalue weighted by molar-refractivity contribution is -0.193. The number of carbonyl (C=O) groups excluding carboxylic acids is 1. The highest BCUT2D eigenvalue weighted by molar-refractivity contribution is 5.84. The molecular weight excluding hydrogens is 592 g/mol. The SMILES string of the molecule is O=C(NCC1CC1)[C@@]12CCCN(Cc3ccco3)C[C@H]1CN(c1ncccn1)C2.O=C(O)C(F)(F)F.O=C(O)C(F)(F)F. The van der Waals surface area contributed by atoms with Gasteiger partial charge in [-0.1, -0.05) is 0 Å². The Morgan fingerprint density at radius 1 is 1.00 bits per heavy atom. The molecule has 43 heavy (non-hydrogen) atoms. The van der Waals surface area contributed by atoms with Gasteiger partial charge in [-0.15, -0.1) is 0 Å². The minimum absolute atomic E-state index is 0.229. The molecule has 1 amide bonds. The van der Waals surface area contributed by atoms with E-state index >= 15 is 0 Å². The second-order valence-electron chi connectivity index (χ2n) is 10.5. The molecule has 1 aliphatic carbocycles. The lowest BCUT2D eigenvalue weighted by atomic mass is 9.74. The van der Waals surface area contributed by atoms with Crippen molar-refractivity contribution < 1.29 is 55.4 Å². The molecule has 5 rings (SSSR count). The predicted octanol–water partition coefficient (Wildman–Crippen LogP) is 3.58. The number of aromatic nitrogens is 2. The van der Waals surface area contributed by atoms with Crippen molar-refractivity contribution in [3.8, 4) is 0 Å². The van der Waals surface area contributed by atoms with Crippen LogP contribution in [-0.4, -0.2) is 88.0 Å². The number of nitrogens with one attached hydrogen (secondary N) is 1. The van der Waals surface area contributed by atoms with Gasteiger partial charge in [-0.25, -0.2) is 19.6 Å². The van der Waals surface area contributed by atoms with Gasteiger partial charge in [0.15, 0.2) is 0 Å². The summed E-state index contributed by atoms with van der Waals surface area (Å²) in [7, 11) is 0. The normalized spacial score (nSPS) is 22.2. The van der Waals surface area contributed by atoms with Gasteiger partial charge in [-0.05, 0) is 56.3 Å². The fourth-order valence-electron chi connectivity index (χ4n) is 4.99. The van der Waals surface area contributed by atoms with Crippen LogP contribution in [0.15, 0.2) is 41.3 Å². The van der Waals surface area contributed by atoms with E-state index in [9.17, 15) is 31.1 Å². The number of carboxylic acids is 2. The lowest BCUT2D eigenvalue weighted by Gasteiger charge is -2.32. The Kier molecular flexibility index (Phi) is 11.0. The van der Waals surface area contributed by atoms with Crippen LogP contribution in [-0.2, 0) is 20.9 Å². The minimum atomic E-state index is -5.08. The number of hydrogen-bond donors (Lipinski definition) is 3. The number of rotatable bonds is 6. The molecule has 17 heteroatoms. The largest absolute Gasteiger partial charge is 0.490 e. The molecular formula is C26H31F6N5O6. The number of anilines is 1. The minimum Gasteiger partial charge on any atom is -0.475 e. The molecule has 3 fully saturated rings. The first-order valence-electron chi connectivity index (χ1n) is 13.3. The van der Waals surface area contributed by atoms with Gasteiger partial charge in [0.25, 0.3) is 0 Å². The van der Waals surface area contributed by atoms with Crippen LogP contribution >= 0.6 is 0 Å². The standard InChI is InChI=1S/C22H29N5O2.2C2HF3O2/c28-20(25-12-17-5-6-17)22-7-2-10-26(15-19-4-1-11-29-19)13-18(22)14-27(16-22)21-23-8-3-9-24-21;2*3-2(4,5)1(6)7/h1,3-4,8-9,11,17-18H,2,5-7,10,12-16H2,(H,25,28);2*(H,6,7)/t18-,22+;;/m0../s1. The van der Waals surface area contributed by atoms with Gasteiger partial charge in [0.2, 0.25) is 11.9 Å². The highest BCUT2D eigenvalue weighted by Gasteiger charge is 2.53. The molecule has 2 saturated heterocycles. The number of furan rings is 1. The van der Waals surface area contributed by atoms with E-state index in [4.69, 9.17) is 24.2 Å². The van der Waals surface area contributed by atoms with E-state index in [-0.39, 0.29) is 17.2 Å². The summed E-state index contributed by atoms with van der Waals surface area (Å²) in [6.45, 7) is 5.02. The lowest BCUT2D eigenvalue weighted by Crippen LogP contribution is -2.48. The van der Waals surface area contributed by atoms with Crippen LogP contribution in [0.5, 0.6) is 0 Å². The van der Waals surface area contributed by atoms with Crippen molar-refractivity contribution in [2.75, 3.05) is 37.6 Å². The smallest absolute Gasteiger partial charge is 0.475 e. The summed E-state index contributed by atoms with van der Waals surface area (Å²) in [4.78, 5) is 44.8. The third-order valence-electron chi connectivity index (χ3n) is 7.25. The summed E-state index contributed by atoms with van der Waals surface area (Å²) >= 11 is 0. The van der Waals surface area contributed by atoms with Crippen LogP contribution in [0.2, 0.25) is 0 Å².